The maximum atomic E-state index is 14.7. The van der Waals surface area contributed by atoms with Gasteiger partial charge in [-0.1, -0.05) is 90.1 Å². The zero-order chi connectivity index (χ0) is 55.2. The zero-order valence-corrected chi connectivity index (χ0v) is 46.0. The Morgan fingerprint density at radius 2 is 1.09 bits per heavy atom. The van der Waals surface area contributed by atoms with Crippen LogP contribution in [0.3, 0.4) is 0 Å². The molecule has 3 aromatic rings. The summed E-state index contributed by atoms with van der Waals surface area (Å²) in [5, 5.41) is 21.1. The number of ketones is 1. The molecule has 7 rings (SSSR count). The molecule has 2 aliphatic carbocycles. The molecule has 3 heterocycles. The van der Waals surface area contributed by atoms with Crippen LogP contribution >= 0.6 is 0 Å². The number of likely N-dealkylation sites (N-methyl/N-ethyl adjacent to an activating group) is 2. The molecule has 0 bridgehead atoms. The average molecular weight is 1050 g/mol. The average Bonchev–Trinajstić information content (AvgIpc) is 4.03. The highest BCUT2D eigenvalue weighted by Crippen LogP contribution is 2.35. The van der Waals surface area contributed by atoms with E-state index in [0.29, 0.717) is 0 Å². The number of hydrogen-bond donors (Lipinski definition) is 7. The summed E-state index contributed by atoms with van der Waals surface area (Å²) in [7, 11) is 3.31. The molecule has 0 saturated carbocycles. The molecule has 1 aromatic heterocycles. The monoisotopic (exact) mass is 1040 g/mol. The number of aromatic nitrogens is 1. The standard InChI is InChI=1S/C58H80N10O8/c1-33(59-9)50(70)65-48(57(3,4)5)55(75)67-31-35(27-45(67)53(73)63-42-23-15-19-36-17-11-13-21-40(36)42)28-47(69)38-25-26-44(61-30-38)52(72)62-39-29-46(54(74)64-43-24-16-20-37-18-12-14-22-41(37)43)68(32-39)56(76)49(58(6,7)8)66-51(71)34(2)60-10/h11-14,17-18,21-22,25-26,30,33-35,39,42-43,45-46,48-49,59-60H,15-16,19-20,23-24,27-29,31-32H2,1-10H3,(H,62,72)(H,63,73)(H,64,74)(H,65,70)(H,66,71)/t33-,34-,35+,39-,42+,43+,45-,46-,48+,49+/m0/s1. The van der Waals surface area contributed by atoms with Gasteiger partial charge in [-0.3, -0.25) is 43.3 Å². The van der Waals surface area contributed by atoms with Gasteiger partial charge in [0, 0.05) is 37.3 Å². The normalized spacial score (nSPS) is 22.9. The summed E-state index contributed by atoms with van der Waals surface area (Å²) in [5.41, 5.74) is 3.23. The van der Waals surface area contributed by atoms with E-state index in [0.717, 1.165) is 55.2 Å². The molecule has 4 aliphatic rings. The fourth-order valence-corrected chi connectivity index (χ4v) is 11.1. The fourth-order valence-electron chi connectivity index (χ4n) is 11.1. The molecule has 2 saturated heterocycles. The minimum absolute atomic E-state index is 0.00364. The number of carbonyl (C=O) groups is 8. The Hall–Kier alpha value is -6.53. The number of aryl methyl sites for hydroxylation is 2. The summed E-state index contributed by atoms with van der Waals surface area (Å²) in [5.74, 6) is -3.50. The van der Waals surface area contributed by atoms with Gasteiger partial charge in [-0.15, -0.1) is 0 Å². The number of nitrogens with one attached hydrogen (secondary N) is 7. The van der Waals surface area contributed by atoms with Crippen LogP contribution < -0.4 is 37.2 Å². The van der Waals surface area contributed by atoms with Gasteiger partial charge in [-0.25, -0.2) is 0 Å². The highest BCUT2D eigenvalue weighted by atomic mass is 16.2. The summed E-state index contributed by atoms with van der Waals surface area (Å²) >= 11 is 0. The smallest absolute Gasteiger partial charge is 0.270 e. The van der Waals surface area contributed by atoms with Crippen LogP contribution in [0.15, 0.2) is 66.9 Å². The fraction of sp³-hybridized carbons (Fsp3) is 0.569. The van der Waals surface area contributed by atoms with Gasteiger partial charge in [0.15, 0.2) is 5.78 Å². The van der Waals surface area contributed by atoms with Gasteiger partial charge in [0.05, 0.1) is 24.2 Å². The number of fused-ring (bicyclic) bond motifs is 2. The van der Waals surface area contributed by atoms with Gasteiger partial charge in [-0.2, -0.15) is 0 Å². The lowest BCUT2D eigenvalue weighted by molar-refractivity contribution is -0.144. The molecule has 2 aromatic carbocycles. The molecule has 0 spiro atoms. The van der Waals surface area contributed by atoms with Gasteiger partial charge >= 0.3 is 0 Å². The van der Waals surface area contributed by atoms with Crippen molar-refractivity contribution in [2.45, 2.75) is 168 Å². The molecule has 2 aliphatic heterocycles. The molecule has 10 atom stereocenters. The van der Waals surface area contributed by atoms with Crippen molar-refractivity contribution in [3.05, 3.63) is 100 Å². The minimum atomic E-state index is -0.987. The zero-order valence-electron chi connectivity index (χ0n) is 46.0. The Kier molecular flexibility index (Phi) is 18.2. The molecule has 410 valence electrons. The molecule has 18 nitrogen and oxygen atoms in total. The van der Waals surface area contributed by atoms with Crippen molar-refractivity contribution in [1.29, 1.82) is 0 Å². The topological polar surface area (TPSA) is 240 Å². The lowest BCUT2D eigenvalue weighted by atomic mass is 9.85. The van der Waals surface area contributed by atoms with Gasteiger partial charge in [0.25, 0.3) is 5.91 Å². The number of nitrogens with zero attached hydrogens (tertiary/aromatic N) is 3. The molecule has 0 radical (unpaired) electrons. The maximum Gasteiger partial charge on any atom is 0.270 e. The maximum absolute atomic E-state index is 14.7. The van der Waals surface area contributed by atoms with E-state index >= 15 is 0 Å². The number of pyridine rings is 1. The quantitative estimate of drug-likeness (QED) is 0.0945. The lowest BCUT2D eigenvalue weighted by Gasteiger charge is -2.36. The van der Waals surface area contributed by atoms with E-state index in [1.54, 1.807) is 27.9 Å². The number of hydrogen-bond acceptors (Lipinski definition) is 11. The van der Waals surface area contributed by atoms with Crippen LogP contribution in [0, 0.1) is 16.7 Å². The van der Waals surface area contributed by atoms with Crippen molar-refractivity contribution in [1.82, 2.24) is 52.0 Å². The third-order valence-corrected chi connectivity index (χ3v) is 15.8. The predicted octanol–water partition coefficient (Wildman–Crippen LogP) is 4.24. The van der Waals surface area contributed by atoms with Crippen LogP contribution in [0.4, 0.5) is 0 Å². The minimum Gasteiger partial charge on any atom is -0.347 e. The molecule has 18 heteroatoms. The Balaban J connectivity index is 1.06. The number of rotatable bonds is 17. The summed E-state index contributed by atoms with van der Waals surface area (Å²) < 4.78 is 0. The first-order valence-electron chi connectivity index (χ1n) is 27.1. The first-order valence-corrected chi connectivity index (χ1v) is 27.1. The molecule has 2 fully saturated rings. The van der Waals surface area contributed by atoms with Crippen molar-refractivity contribution in [3.63, 3.8) is 0 Å². The Morgan fingerprint density at radius 3 is 1.55 bits per heavy atom. The molecular formula is C58H80N10O8. The second-order valence-electron chi connectivity index (χ2n) is 23.5. The number of Topliss-reactive ketones (excluding diaryl/α,β-unsaturated/α-hetero) is 1. The van der Waals surface area contributed by atoms with E-state index in [-0.39, 0.29) is 85.1 Å². The van der Waals surface area contributed by atoms with Gasteiger partial charge in [-0.05, 0) is 130 Å². The van der Waals surface area contributed by atoms with Gasteiger partial charge < -0.3 is 47.0 Å². The van der Waals surface area contributed by atoms with Crippen LogP contribution in [0.1, 0.15) is 156 Å². The van der Waals surface area contributed by atoms with Crippen LogP contribution in [0.2, 0.25) is 0 Å². The summed E-state index contributed by atoms with van der Waals surface area (Å²) in [6.45, 7) is 14.6. The third-order valence-electron chi connectivity index (χ3n) is 15.8. The summed E-state index contributed by atoms with van der Waals surface area (Å²) in [4.78, 5) is 120. The largest absolute Gasteiger partial charge is 0.347 e. The van der Waals surface area contributed by atoms with Crippen LogP contribution in [-0.4, -0.2) is 131 Å². The Morgan fingerprint density at radius 1 is 0.618 bits per heavy atom. The van der Waals surface area contributed by atoms with Crippen molar-refractivity contribution in [3.8, 4) is 0 Å². The van der Waals surface area contributed by atoms with Crippen molar-refractivity contribution in [2.24, 2.45) is 16.7 Å². The highest BCUT2D eigenvalue weighted by molar-refractivity contribution is 5.99. The van der Waals surface area contributed by atoms with E-state index in [1.807, 2.05) is 77.9 Å². The number of carbonyl (C=O) groups excluding carboxylic acids is 8. The first-order chi connectivity index (χ1) is 36.0. The SMILES string of the molecule is CN[C@@H](C)C(=O)N[C@H](C(=O)N1C[C@@H](CC(=O)c2ccc(C(=O)N[C@H]3C[C@@H](C(=O)N[C@@H]4CCCc5ccccc54)N(C(=O)[C@@H](NC(=O)[C@H](C)NC)C(C)(C)C)C3)nc2)C[C@H]1C(=O)N[C@@H]1CCCc2ccccc21)C(C)(C)C. The Labute approximate surface area is 447 Å². The van der Waals surface area contributed by atoms with Crippen LogP contribution in [-0.2, 0) is 41.6 Å². The predicted molar refractivity (Wildman–Crippen MR) is 289 cm³/mol. The van der Waals surface area contributed by atoms with E-state index in [2.05, 4.69) is 54.3 Å². The van der Waals surface area contributed by atoms with Gasteiger partial charge in [0.2, 0.25) is 35.4 Å². The van der Waals surface area contributed by atoms with Crippen molar-refractivity contribution >= 4 is 47.1 Å². The van der Waals surface area contributed by atoms with E-state index < -0.39 is 76.8 Å². The van der Waals surface area contributed by atoms with Crippen molar-refractivity contribution in [2.75, 3.05) is 27.2 Å². The second-order valence-corrected chi connectivity index (χ2v) is 23.5. The molecule has 7 N–H and O–H groups in total. The number of benzene rings is 2. The van der Waals surface area contributed by atoms with E-state index in [4.69, 9.17) is 0 Å². The Bertz CT molecular complexity index is 2470. The molecule has 7 amide bonds. The summed E-state index contributed by atoms with van der Waals surface area (Å²) in [6.07, 6.45) is 6.74. The molecular weight excluding hydrogens is 965 g/mol. The third kappa shape index (κ3) is 13.3. The van der Waals surface area contributed by atoms with Crippen molar-refractivity contribution < 1.29 is 38.4 Å². The van der Waals surface area contributed by atoms with Crippen LogP contribution in [0.5, 0.6) is 0 Å². The van der Waals surface area contributed by atoms with Crippen LogP contribution in [0.25, 0.3) is 0 Å². The van der Waals surface area contributed by atoms with E-state index in [9.17, 15) is 38.4 Å². The summed E-state index contributed by atoms with van der Waals surface area (Å²) in [6, 6.07) is 12.9. The number of likely N-dealkylation sites (tertiary alicyclic amines) is 2. The van der Waals surface area contributed by atoms with Gasteiger partial charge in [0.1, 0.15) is 29.9 Å². The first kappa shape index (κ1) is 57.2. The van der Waals surface area contributed by atoms with E-state index in [1.165, 1.54) is 33.7 Å². The highest BCUT2D eigenvalue weighted by Gasteiger charge is 2.48. The number of amides is 7. The second kappa shape index (κ2) is 24.2. The lowest BCUT2D eigenvalue weighted by Crippen LogP contribution is -2.59. The molecule has 76 heavy (non-hydrogen) atoms. The molecule has 0 unspecified atom stereocenters.